The van der Waals surface area contributed by atoms with Gasteiger partial charge in [0, 0.05) is 13.5 Å². The lowest BCUT2D eigenvalue weighted by molar-refractivity contribution is 0.00195. The van der Waals surface area contributed by atoms with Crippen molar-refractivity contribution in [2.75, 3.05) is 0 Å². The van der Waals surface area contributed by atoms with Gasteiger partial charge in [0.2, 0.25) is 0 Å². The zero-order valence-corrected chi connectivity index (χ0v) is 10.6. The summed E-state index contributed by atoms with van der Waals surface area (Å²) in [7, 11) is 1.87. The van der Waals surface area contributed by atoms with Crippen molar-refractivity contribution in [2.24, 2.45) is 18.4 Å². The first-order valence-electron chi connectivity index (χ1n) is 5.88. The van der Waals surface area contributed by atoms with E-state index in [1.54, 1.807) is 11.0 Å². The quantitative estimate of drug-likeness (QED) is 0.827. The molecule has 1 fully saturated rings. The Labute approximate surface area is 96.7 Å². The van der Waals surface area contributed by atoms with Crippen LogP contribution in [0, 0.1) is 11.3 Å². The minimum absolute atomic E-state index is 0.229. The molecule has 1 aliphatic rings. The summed E-state index contributed by atoms with van der Waals surface area (Å²) in [6.07, 6.45) is 4.06. The van der Waals surface area contributed by atoms with E-state index in [9.17, 15) is 5.11 Å². The molecule has 1 aromatic heterocycles. The molecule has 0 spiro atoms. The summed E-state index contributed by atoms with van der Waals surface area (Å²) in [6.45, 7) is 6.57. The second-order valence-electron chi connectivity index (χ2n) is 6.03. The van der Waals surface area contributed by atoms with E-state index < -0.39 is 5.60 Å². The maximum atomic E-state index is 10.7. The van der Waals surface area contributed by atoms with E-state index in [0.717, 1.165) is 18.7 Å². The van der Waals surface area contributed by atoms with E-state index in [1.807, 2.05) is 7.05 Å². The molecular weight excluding hydrogens is 202 g/mol. The third-order valence-electron chi connectivity index (χ3n) is 3.83. The minimum atomic E-state index is -0.621. The van der Waals surface area contributed by atoms with Crippen LogP contribution in [0.4, 0.5) is 0 Å². The number of aliphatic hydroxyl groups is 1. The summed E-state index contributed by atoms with van der Waals surface area (Å²) in [5.74, 6) is 1.19. The van der Waals surface area contributed by atoms with Gasteiger partial charge in [-0.2, -0.15) is 5.10 Å². The van der Waals surface area contributed by atoms with Gasteiger partial charge in [-0.1, -0.05) is 20.8 Å². The number of rotatable bonds is 2. The number of aromatic nitrogens is 3. The fourth-order valence-corrected chi connectivity index (χ4v) is 3.08. The first-order valence-corrected chi connectivity index (χ1v) is 5.88. The highest BCUT2D eigenvalue weighted by Crippen LogP contribution is 2.48. The number of hydrogen-bond donors (Lipinski definition) is 1. The van der Waals surface area contributed by atoms with Crippen LogP contribution in [0.3, 0.4) is 0 Å². The smallest absolute Gasteiger partial charge is 0.138 e. The van der Waals surface area contributed by atoms with E-state index in [2.05, 4.69) is 30.9 Å². The Morgan fingerprint density at radius 1 is 1.56 bits per heavy atom. The van der Waals surface area contributed by atoms with Crippen molar-refractivity contribution in [3.63, 3.8) is 0 Å². The second-order valence-corrected chi connectivity index (χ2v) is 6.03. The van der Waals surface area contributed by atoms with Crippen LogP contribution in [0.2, 0.25) is 0 Å². The summed E-state index contributed by atoms with van der Waals surface area (Å²) in [6, 6.07) is 0. The zero-order valence-electron chi connectivity index (χ0n) is 10.6. The lowest BCUT2D eigenvalue weighted by Crippen LogP contribution is -2.35. The number of aryl methyl sites for hydroxylation is 1. The maximum Gasteiger partial charge on any atom is 0.138 e. The molecule has 0 bridgehead atoms. The largest absolute Gasteiger partial charge is 0.389 e. The molecule has 0 aliphatic heterocycles. The van der Waals surface area contributed by atoms with Crippen molar-refractivity contribution in [3.8, 4) is 0 Å². The van der Waals surface area contributed by atoms with Gasteiger partial charge in [0.25, 0.3) is 0 Å². The normalized spacial score (nSPS) is 33.2. The van der Waals surface area contributed by atoms with E-state index >= 15 is 0 Å². The molecule has 2 atom stereocenters. The number of nitrogens with zero attached hydrogens (tertiary/aromatic N) is 3. The summed E-state index contributed by atoms with van der Waals surface area (Å²) < 4.78 is 1.75. The van der Waals surface area contributed by atoms with Gasteiger partial charge in [0.15, 0.2) is 0 Å². The summed E-state index contributed by atoms with van der Waals surface area (Å²) >= 11 is 0. The van der Waals surface area contributed by atoms with Crippen molar-refractivity contribution in [1.29, 1.82) is 0 Å². The summed E-state index contributed by atoms with van der Waals surface area (Å²) in [5.41, 5.74) is -0.392. The van der Waals surface area contributed by atoms with Crippen molar-refractivity contribution < 1.29 is 5.11 Å². The predicted octanol–water partition coefficient (Wildman–Crippen LogP) is 1.54. The fraction of sp³-hybridized carbons (Fsp3) is 0.833. The molecule has 4 nitrogen and oxygen atoms in total. The molecule has 0 saturated heterocycles. The number of hydrogen-bond acceptors (Lipinski definition) is 3. The van der Waals surface area contributed by atoms with Gasteiger partial charge in [-0.3, -0.25) is 4.68 Å². The van der Waals surface area contributed by atoms with E-state index in [0.29, 0.717) is 12.3 Å². The van der Waals surface area contributed by atoms with Crippen LogP contribution in [-0.4, -0.2) is 25.5 Å². The Hall–Kier alpha value is -0.900. The van der Waals surface area contributed by atoms with Gasteiger partial charge in [-0.15, -0.1) is 0 Å². The van der Waals surface area contributed by atoms with Crippen LogP contribution in [0.25, 0.3) is 0 Å². The van der Waals surface area contributed by atoms with E-state index in [4.69, 9.17) is 0 Å². The van der Waals surface area contributed by atoms with E-state index in [1.165, 1.54) is 0 Å². The third kappa shape index (κ3) is 1.98. The average Bonchev–Trinajstić information content (AvgIpc) is 2.57. The summed E-state index contributed by atoms with van der Waals surface area (Å²) in [4.78, 5) is 4.20. The Morgan fingerprint density at radius 3 is 2.69 bits per heavy atom. The van der Waals surface area contributed by atoms with Crippen molar-refractivity contribution >= 4 is 0 Å². The molecule has 1 aliphatic carbocycles. The molecule has 90 valence electrons. The third-order valence-corrected chi connectivity index (χ3v) is 3.83. The van der Waals surface area contributed by atoms with Gasteiger partial charge in [-0.05, 0) is 24.2 Å². The molecule has 2 rings (SSSR count). The van der Waals surface area contributed by atoms with E-state index in [-0.39, 0.29) is 5.41 Å². The van der Waals surface area contributed by atoms with Crippen LogP contribution in [0.1, 0.15) is 39.4 Å². The van der Waals surface area contributed by atoms with Gasteiger partial charge < -0.3 is 5.11 Å². The predicted molar refractivity (Wildman–Crippen MR) is 61.8 cm³/mol. The molecule has 0 radical (unpaired) electrons. The molecule has 1 heterocycles. The monoisotopic (exact) mass is 223 g/mol. The van der Waals surface area contributed by atoms with Gasteiger partial charge in [0.05, 0.1) is 5.60 Å². The maximum absolute atomic E-state index is 10.7. The molecule has 2 unspecified atom stereocenters. The van der Waals surface area contributed by atoms with Crippen LogP contribution in [0.5, 0.6) is 0 Å². The van der Waals surface area contributed by atoms with Crippen LogP contribution < -0.4 is 0 Å². The molecule has 1 saturated carbocycles. The Bertz CT molecular complexity index is 385. The SMILES string of the molecule is CC1CC(C)(C)CC1(O)Cc1ncnn1C. The zero-order chi connectivity index (χ0) is 12.0. The molecule has 0 aromatic carbocycles. The molecule has 4 heteroatoms. The molecule has 1 N–H and O–H groups in total. The van der Waals surface area contributed by atoms with Crippen molar-refractivity contribution in [3.05, 3.63) is 12.2 Å². The van der Waals surface area contributed by atoms with Crippen molar-refractivity contribution in [1.82, 2.24) is 14.8 Å². The Morgan fingerprint density at radius 2 is 2.25 bits per heavy atom. The first kappa shape index (κ1) is 11.6. The highest BCUT2D eigenvalue weighted by Gasteiger charge is 2.47. The molecule has 1 aromatic rings. The van der Waals surface area contributed by atoms with Gasteiger partial charge in [0.1, 0.15) is 12.2 Å². The fourth-order valence-electron chi connectivity index (χ4n) is 3.08. The van der Waals surface area contributed by atoms with Crippen LogP contribution >= 0.6 is 0 Å². The summed E-state index contributed by atoms with van der Waals surface area (Å²) in [5, 5.41) is 14.8. The second kappa shape index (κ2) is 3.55. The first-order chi connectivity index (χ1) is 7.32. The lowest BCUT2D eigenvalue weighted by atomic mass is 9.87. The Kier molecular flexibility index (Phi) is 2.57. The van der Waals surface area contributed by atoms with Gasteiger partial charge >= 0.3 is 0 Å². The molecular formula is C12H21N3O. The highest BCUT2D eigenvalue weighted by molar-refractivity contribution is 5.04. The van der Waals surface area contributed by atoms with Crippen molar-refractivity contribution in [2.45, 2.75) is 45.6 Å². The lowest BCUT2D eigenvalue weighted by Gasteiger charge is -2.27. The topological polar surface area (TPSA) is 50.9 Å². The average molecular weight is 223 g/mol. The van der Waals surface area contributed by atoms with Gasteiger partial charge in [-0.25, -0.2) is 4.98 Å². The Balaban J connectivity index is 2.18. The molecule has 0 amide bonds. The highest BCUT2D eigenvalue weighted by atomic mass is 16.3. The minimum Gasteiger partial charge on any atom is -0.389 e. The van der Waals surface area contributed by atoms with Crippen LogP contribution in [0.15, 0.2) is 6.33 Å². The molecule has 16 heavy (non-hydrogen) atoms. The van der Waals surface area contributed by atoms with Crippen LogP contribution in [-0.2, 0) is 13.5 Å². The standard InChI is InChI=1S/C12H21N3O/c1-9-5-11(2,3)7-12(9,16)6-10-13-8-14-15(10)4/h8-9,16H,5-7H2,1-4H3.